The average molecular weight is 430 g/mol. The molecule has 1 heterocycles. The molecular weight excluding hydrogens is 402 g/mol. The molecule has 0 saturated carbocycles. The van der Waals surface area contributed by atoms with E-state index in [1.165, 1.54) is 0 Å². The van der Waals surface area contributed by atoms with Crippen molar-refractivity contribution in [2.45, 2.75) is 13.1 Å². The van der Waals surface area contributed by atoms with Gasteiger partial charge in [0, 0.05) is 26.2 Å². The molecule has 6 nitrogen and oxygen atoms in total. The van der Waals surface area contributed by atoms with Crippen molar-refractivity contribution in [3.63, 3.8) is 0 Å². The number of para-hydroxylation sites is 2. The lowest BCUT2D eigenvalue weighted by molar-refractivity contribution is -0.132. The van der Waals surface area contributed by atoms with Crippen molar-refractivity contribution in [1.82, 2.24) is 9.80 Å². The van der Waals surface area contributed by atoms with Gasteiger partial charge in [0.1, 0.15) is 12.3 Å². The molecule has 0 spiro atoms. The molecule has 0 aliphatic carbocycles. The molecule has 1 aliphatic heterocycles. The molecule has 1 aliphatic rings. The zero-order valence-electron chi connectivity index (χ0n) is 18.2. The number of benzene rings is 3. The number of rotatable bonds is 8. The van der Waals surface area contributed by atoms with Crippen molar-refractivity contribution in [2.24, 2.45) is 0 Å². The highest BCUT2D eigenvalue weighted by atomic mass is 16.5. The van der Waals surface area contributed by atoms with Gasteiger partial charge >= 0.3 is 6.03 Å². The second-order valence-corrected chi connectivity index (χ2v) is 7.75. The molecule has 4 rings (SSSR count). The molecule has 0 aromatic heterocycles. The minimum absolute atomic E-state index is 0.0458. The van der Waals surface area contributed by atoms with Gasteiger partial charge in [-0.2, -0.15) is 0 Å². The molecular formula is C26H27N3O3. The molecule has 3 amide bonds. The SMILES string of the molecule is COc1ccccc1N1CCN(CC(=O)N(Cc2ccccc2)Cc2ccccc2)C1=O. The van der Waals surface area contributed by atoms with E-state index in [9.17, 15) is 9.59 Å². The van der Waals surface area contributed by atoms with Crippen molar-refractivity contribution in [3.05, 3.63) is 96.1 Å². The Kier molecular flexibility index (Phi) is 6.70. The summed E-state index contributed by atoms with van der Waals surface area (Å²) >= 11 is 0. The molecule has 1 saturated heterocycles. The molecule has 0 unspecified atom stereocenters. The maximum absolute atomic E-state index is 13.3. The van der Waals surface area contributed by atoms with Crippen molar-refractivity contribution in [1.29, 1.82) is 0 Å². The van der Waals surface area contributed by atoms with Crippen molar-refractivity contribution in [2.75, 3.05) is 31.6 Å². The van der Waals surface area contributed by atoms with E-state index in [2.05, 4.69) is 0 Å². The van der Waals surface area contributed by atoms with Crippen LogP contribution in [0.2, 0.25) is 0 Å². The van der Waals surface area contributed by atoms with Crippen LogP contribution in [0.1, 0.15) is 11.1 Å². The number of carbonyl (C=O) groups excluding carboxylic acids is 2. The molecule has 3 aromatic rings. The quantitative estimate of drug-likeness (QED) is 0.540. The lowest BCUT2D eigenvalue weighted by Crippen LogP contribution is -2.41. The molecule has 1 fully saturated rings. The number of hydrogen-bond donors (Lipinski definition) is 0. The van der Waals surface area contributed by atoms with Gasteiger partial charge in [0.15, 0.2) is 0 Å². The van der Waals surface area contributed by atoms with Crippen LogP contribution in [0.15, 0.2) is 84.9 Å². The van der Waals surface area contributed by atoms with E-state index in [0.29, 0.717) is 31.9 Å². The van der Waals surface area contributed by atoms with Crippen LogP contribution in [0.4, 0.5) is 10.5 Å². The Balaban J connectivity index is 1.48. The number of hydrogen-bond acceptors (Lipinski definition) is 3. The molecule has 0 atom stereocenters. The third kappa shape index (κ3) is 4.91. The summed E-state index contributed by atoms with van der Waals surface area (Å²) < 4.78 is 5.41. The molecule has 6 heteroatoms. The van der Waals surface area contributed by atoms with E-state index in [-0.39, 0.29) is 18.5 Å². The fourth-order valence-electron chi connectivity index (χ4n) is 3.91. The van der Waals surface area contributed by atoms with Crippen LogP contribution in [0.25, 0.3) is 0 Å². The van der Waals surface area contributed by atoms with Crippen LogP contribution in [-0.4, -0.2) is 48.5 Å². The third-order valence-electron chi connectivity index (χ3n) is 5.58. The van der Waals surface area contributed by atoms with Gasteiger partial charge in [-0.1, -0.05) is 72.8 Å². The summed E-state index contributed by atoms with van der Waals surface area (Å²) in [7, 11) is 1.59. The predicted molar refractivity (Wildman–Crippen MR) is 124 cm³/mol. The Bertz CT molecular complexity index is 1010. The number of urea groups is 1. The minimum atomic E-state index is -0.178. The summed E-state index contributed by atoms with van der Waals surface area (Å²) in [5.41, 5.74) is 2.83. The first-order valence-electron chi connectivity index (χ1n) is 10.7. The molecule has 32 heavy (non-hydrogen) atoms. The van der Waals surface area contributed by atoms with Gasteiger partial charge in [-0.25, -0.2) is 4.79 Å². The van der Waals surface area contributed by atoms with E-state index < -0.39 is 0 Å². The lowest BCUT2D eigenvalue weighted by atomic mass is 10.1. The molecule has 164 valence electrons. The summed E-state index contributed by atoms with van der Waals surface area (Å²) in [6, 6.07) is 27.1. The molecule has 0 N–H and O–H groups in total. The monoisotopic (exact) mass is 429 g/mol. The number of nitrogens with zero attached hydrogens (tertiary/aromatic N) is 3. The zero-order chi connectivity index (χ0) is 22.3. The van der Waals surface area contributed by atoms with Crippen molar-refractivity contribution in [3.8, 4) is 5.75 Å². The van der Waals surface area contributed by atoms with E-state index >= 15 is 0 Å². The second-order valence-electron chi connectivity index (χ2n) is 7.75. The van der Waals surface area contributed by atoms with Gasteiger partial charge in [-0.15, -0.1) is 0 Å². The Labute approximate surface area is 188 Å². The standard InChI is InChI=1S/C26H27N3O3/c1-32-24-15-9-8-14-23(24)29-17-16-27(26(29)31)20-25(30)28(18-21-10-4-2-5-11-21)19-22-12-6-3-7-13-22/h2-15H,16-20H2,1H3. The van der Waals surface area contributed by atoms with Crippen LogP contribution in [0.3, 0.4) is 0 Å². The first kappa shape index (κ1) is 21.4. The van der Waals surface area contributed by atoms with Gasteiger partial charge in [-0.3, -0.25) is 9.69 Å². The number of ether oxygens (including phenoxy) is 1. The number of carbonyl (C=O) groups is 2. The Morgan fingerprint density at radius 3 is 2.00 bits per heavy atom. The summed E-state index contributed by atoms with van der Waals surface area (Å²) in [5, 5.41) is 0. The van der Waals surface area contributed by atoms with Crippen molar-refractivity contribution >= 4 is 17.6 Å². The van der Waals surface area contributed by atoms with Crippen LogP contribution >= 0.6 is 0 Å². The topological polar surface area (TPSA) is 53.1 Å². The van der Waals surface area contributed by atoms with Gasteiger partial charge in [0.05, 0.1) is 12.8 Å². The summed E-state index contributed by atoms with van der Waals surface area (Å²) in [6.45, 7) is 2.04. The second kappa shape index (κ2) is 10.0. The maximum Gasteiger partial charge on any atom is 0.325 e. The molecule has 0 radical (unpaired) electrons. The predicted octanol–water partition coefficient (Wildman–Crippen LogP) is 4.17. The van der Waals surface area contributed by atoms with E-state index in [1.54, 1.807) is 16.9 Å². The summed E-state index contributed by atoms with van der Waals surface area (Å²) in [4.78, 5) is 31.5. The fraction of sp³-hybridized carbons (Fsp3) is 0.231. The van der Waals surface area contributed by atoms with E-state index in [4.69, 9.17) is 4.74 Å². The Hall–Kier alpha value is -3.80. The van der Waals surface area contributed by atoms with Gasteiger partial charge in [-0.05, 0) is 23.3 Å². The first-order chi connectivity index (χ1) is 15.7. The normalized spacial score (nSPS) is 13.3. The Morgan fingerprint density at radius 1 is 0.844 bits per heavy atom. The number of methoxy groups -OCH3 is 1. The molecule has 0 bridgehead atoms. The van der Waals surface area contributed by atoms with Gasteiger partial charge in [0.25, 0.3) is 0 Å². The van der Waals surface area contributed by atoms with Crippen LogP contribution in [0.5, 0.6) is 5.75 Å². The fourth-order valence-corrected chi connectivity index (χ4v) is 3.91. The van der Waals surface area contributed by atoms with E-state index in [1.807, 2.05) is 89.8 Å². The van der Waals surface area contributed by atoms with E-state index in [0.717, 1.165) is 16.8 Å². The lowest BCUT2D eigenvalue weighted by Gasteiger charge is -2.26. The van der Waals surface area contributed by atoms with Gasteiger partial charge < -0.3 is 14.5 Å². The van der Waals surface area contributed by atoms with Crippen molar-refractivity contribution < 1.29 is 14.3 Å². The highest BCUT2D eigenvalue weighted by molar-refractivity contribution is 5.97. The Morgan fingerprint density at radius 2 is 1.41 bits per heavy atom. The highest BCUT2D eigenvalue weighted by Gasteiger charge is 2.33. The molecule has 3 aromatic carbocycles. The van der Waals surface area contributed by atoms with Crippen LogP contribution in [0, 0.1) is 0 Å². The average Bonchev–Trinajstić information content (AvgIpc) is 3.19. The summed E-state index contributed by atoms with van der Waals surface area (Å²) in [6.07, 6.45) is 0. The highest BCUT2D eigenvalue weighted by Crippen LogP contribution is 2.30. The number of amides is 3. The first-order valence-corrected chi connectivity index (χ1v) is 10.7. The van der Waals surface area contributed by atoms with Crippen LogP contribution < -0.4 is 9.64 Å². The summed E-state index contributed by atoms with van der Waals surface area (Å²) in [5.74, 6) is 0.566. The number of anilines is 1. The zero-order valence-corrected chi connectivity index (χ0v) is 18.2. The smallest absolute Gasteiger partial charge is 0.325 e. The minimum Gasteiger partial charge on any atom is -0.495 e. The maximum atomic E-state index is 13.3. The van der Waals surface area contributed by atoms with Gasteiger partial charge in [0.2, 0.25) is 5.91 Å². The third-order valence-corrected chi connectivity index (χ3v) is 5.58. The largest absolute Gasteiger partial charge is 0.495 e. The van der Waals surface area contributed by atoms with Crippen LogP contribution in [-0.2, 0) is 17.9 Å².